The van der Waals surface area contributed by atoms with Gasteiger partial charge in [-0.25, -0.2) is 4.89 Å². The van der Waals surface area contributed by atoms with Gasteiger partial charge in [-0.1, -0.05) is 72.7 Å². The maximum Gasteiger partial charge on any atom is 0.185 e. The summed E-state index contributed by atoms with van der Waals surface area (Å²) in [4.78, 5) is 26.0. The Morgan fingerprint density at radius 1 is 0.778 bits per heavy atom. The number of ketones is 1. The van der Waals surface area contributed by atoms with Crippen LogP contribution in [0.2, 0.25) is 0 Å². The summed E-state index contributed by atoms with van der Waals surface area (Å²) >= 11 is 0. The molecule has 0 bridgehead atoms. The Hall–Kier alpha value is -3.08. The van der Waals surface area contributed by atoms with Crippen LogP contribution in [0.25, 0.3) is 0 Å². The zero-order chi connectivity index (χ0) is 32.8. The molecule has 9 heteroatoms. The maximum atomic E-state index is 12.7. The number of para-hydroxylation sites is 2. The Bertz CT molecular complexity index is 1240. The molecule has 0 saturated heterocycles. The van der Waals surface area contributed by atoms with Crippen LogP contribution in [-0.4, -0.2) is 65.5 Å². The molecule has 0 atom stereocenters. The van der Waals surface area contributed by atoms with Gasteiger partial charge in [-0.3, -0.25) is 20.0 Å². The van der Waals surface area contributed by atoms with Crippen LogP contribution in [0.1, 0.15) is 78.9 Å². The van der Waals surface area contributed by atoms with E-state index in [1.54, 1.807) is 48.8 Å². The number of phenols is 2. The van der Waals surface area contributed by atoms with E-state index in [-0.39, 0.29) is 44.9 Å². The van der Waals surface area contributed by atoms with Gasteiger partial charge in [0.1, 0.15) is 17.1 Å². The molecule has 0 fully saturated rings. The summed E-state index contributed by atoms with van der Waals surface area (Å²) in [5.41, 5.74) is 1.46. The Morgan fingerprint density at radius 2 is 1.18 bits per heavy atom. The first-order chi connectivity index (χ1) is 20.7. The molecule has 1 radical (unpaired) electrons. The molecule has 8 nitrogen and oxygen atoms in total. The molecule has 45 heavy (non-hydrogen) atoms. The fourth-order valence-corrected chi connectivity index (χ4v) is 4.48. The number of benzene rings is 2. The standard InChI is InChI=1S/C20H25N3O2.C16H26O3.Co/c24-19-9-3-1-7-17(19)15-22-13-5-11-21-12-6-14-23-16-18-8-2-4-10-20(18)25;1-8-16(19-18)9-11(14(2,3)4)13(17)12(10-16)15(5,6)7;/h1-4,7-10,15-16,21,24-25H,5-6,11-14H2;9-10,18H,8H2,1-7H3;. The van der Waals surface area contributed by atoms with Crippen LogP contribution < -0.4 is 5.32 Å². The van der Waals surface area contributed by atoms with Gasteiger partial charge in [-0.15, -0.1) is 0 Å². The third-order valence-corrected chi connectivity index (χ3v) is 7.22. The van der Waals surface area contributed by atoms with E-state index in [0.29, 0.717) is 17.6 Å². The van der Waals surface area contributed by atoms with Crippen LogP contribution >= 0.6 is 0 Å². The molecular weight excluding hydrogens is 613 g/mol. The van der Waals surface area contributed by atoms with Crippen molar-refractivity contribution in [2.24, 2.45) is 20.8 Å². The van der Waals surface area contributed by atoms with Gasteiger partial charge in [0.2, 0.25) is 0 Å². The minimum Gasteiger partial charge on any atom is -0.507 e. The molecule has 3 rings (SSSR count). The second kappa shape index (κ2) is 18.8. The summed E-state index contributed by atoms with van der Waals surface area (Å²) in [6.07, 6.45) is 9.44. The van der Waals surface area contributed by atoms with E-state index >= 15 is 0 Å². The Labute approximate surface area is 279 Å². The number of hydrogen-bond donors (Lipinski definition) is 4. The van der Waals surface area contributed by atoms with Crippen molar-refractivity contribution in [3.05, 3.63) is 83.0 Å². The molecule has 2 aromatic carbocycles. The fourth-order valence-electron chi connectivity index (χ4n) is 4.48. The summed E-state index contributed by atoms with van der Waals surface area (Å²) < 4.78 is 0. The van der Waals surface area contributed by atoms with E-state index in [0.717, 1.165) is 50.1 Å². The van der Waals surface area contributed by atoms with Crippen LogP contribution in [0.5, 0.6) is 11.5 Å². The van der Waals surface area contributed by atoms with E-state index < -0.39 is 5.60 Å². The predicted molar refractivity (Wildman–Crippen MR) is 180 cm³/mol. The summed E-state index contributed by atoms with van der Waals surface area (Å²) in [7, 11) is 0. The first-order valence-corrected chi connectivity index (χ1v) is 15.3. The maximum absolute atomic E-state index is 12.7. The zero-order valence-electron chi connectivity index (χ0n) is 27.8. The van der Waals surface area contributed by atoms with Gasteiger partial charge >= 0.3 is 0 Å². The first kappa shape index (κ1) is 39.9. The molecular formula is C36H51CoN3O5. The van der Waals surface area contributed by atoms with Crippen LogP contribution in [0.4, 0.5) is 0 Å². The van der Waals surface area contributed by atoms with Crippen molar-refractivity contribution in [2.45, 2.75) is 73.3 Å². The van der Waals surface area contributed by atoms with Crippen LogP contribution in [0.15, 0.2) is 81.8 Å². The minimum absolute atomic E-state index is 0. The minimum atomic E-state index is -0.890. The number of nitrogens with zero attached hydrogens (tertiary/aromatic N) is 2. The monoisotopic (exact) mass is 664 g/mol. The number of Topliss-reactive ketones (excluding diaryl/α,β-unsaturated/α-hetero) is 1. The smallest absolute Gasteiger partial charge is 0.185 e. The van der Waals surface area contributed by atoms with Gasteiger partial charge in [-0.05, 0) is 79.6 Å². The van der Waals surface area contributed by atoms with E-state index in [1.165, 1.54) is 0 Å². The van der Waals surface area contributed by atoms with Crippen LogP contribution in [-0.2, 0) is 26.5 Å². The summed E-state index contributed by atoms with van der Waals surface area (Å²) in [5.74, 6) is 0.573. The van der Waals surface area contributed by atoms with Crippen molar-refractivity contribution in [1.82, 2.24) is 5.32 Å². The molecule has 2 aromatic rings. The summed E-state index contributed by atoms with van der Waals surface area (Å²) in [5, 5.41) is 31.9. The Balaban J connectivity index is 0.000000457. The van der Waals surface area contributed by atoms with Gasteiger partial charge in [-0.2, -0.15) is 0 Å². The summed E-state index contributed by atoms with van der Waals surface area (Å²) in [6.45, 7) is 17.2. The van der Waals surface area contributed by atoms with Gasteiger partial charge < -0.3 is 15.5 Å². The number of hydrogen-bond acceptors (Lipinski definition) is 8. The van der Waals surface area contributed by atoms with E-state index in [2.05, 4.69) is 15.3 Å². The predicted octanol–water partition coefficient (Wildman–Crippen LogP) is 7.16. The van der Waals surface area contributed by atoms with Crippen molar-refractivity contribution in [2.75, 3.05) is 26.2 Å². The SMILES string of the molecule is CCC1(OO)C=C(C(C)(C)C)C(=O)C(C(C)(C)C)=C1.Oc1ccccc1C=NCCCNCCCN=Cc1ccccc1O.[Co]. The molecule has 0 aliphatic heterocycles. The molecule has 1 aliphatic rings. The normalized spacial score (nSPS) is 14.9. The second-order valence-corrected chi connectivity index (χ2v) is 13.0. The molecule has 0 spiro atoms. The molecule has 0 aromatic heterocycles. The number of allylic oxidation sites excluding steroid dienone is 2. The van der Waals surface area contributed by atoms with E-state index in [1.807, 2.05) is 72.7 Å². The van der Waals surface area contributed by atoms with E-state index in [9.17, 15) is 20.3 Å². The van der Waals surface area contributed by atoms with Gasteiger partial charge in [0.25, 0.3) is 0 Å². The molecule has 0 unspecified atom stereocenters. The number of carbonyl (C=O) groups excluding carboxylic acids is 1. The number of carbonyl (C=O) groups is 1. The third-order valence-electron chi connectivity index (χ3n) is 7.22. The number of aliphatic imine (C=N–C) groups is 2. The largest absolute Gasteiger partial charge is 0.507 e. The molecule has 0 heterocycles. The second-order valence-electron chi connectivity index (χ2n) is 13.0. The van der Waals surface area contributed by atoms with Crippen molar-refractivity contribution >= 4 is 18.2 Å². The average Bonchev–Trinajstić information content (AvgIpc) is 2.97. The zero-order valence-corrected chi connectivity index (χ0v) is 28.8. The van der Waals surface area contributed by atoms with Crippen molar-refractivity contribution < 1.29 is 41.9 Å². The van der Waals surface area contributed by atoms with Gasteiger partial charge in [0, 0.05) is 64.6 Å². The number of phenolic OH excluding ortho intramolecular Hbond substituents is 2. The summed E-state index contributed by atoms with van der Waals surface area (Å²) in [6, 6.07) is 14.3. The third kappa shape index (κ3) is 13.0. The number of aromatic hydroxyl groups is 2. The first-order valence-electron chi connectivity index (χ1n) is 15.3. The molecule has 1 aliphatic carbocycles. The molecule has 0 amide bonds. The molecule has 0 saturated carbocycles. The van der Waals surface area contributed by atoms with Crippen LogP contribution in [0.3, 0.4) is 0 Å². The molecule has 4 N–H and O–H groups in total. The van der Waals surface area contributed by atoms with Crippen molar-refractivity contribution in [3.63, 3.8) is 0 Å². The average molecular weight is 665 g/mol. The van der Waals surface area contributed by atoms with E-state index in [4.69, 9.17) is 4.89 Å². The number of nitrogens with one attached hydrogen (secondary N) is 1. The van der Waals surface area contributed by atoms with Gasteiger partial charge in [0.15, 0.2) is 5.78 Å². The quantitative estimate of drug-likeness (QED) is 0.0827. The Morgan fingerprint density at radius 3 is 1.51 bits per heavy atom. The molecule has 249 valence electrons. The van der Waals surface area contributed by atoms with Crippen molar-refractivity contribution in [1.29, 1.82) is 0 Å². The van der Waals surface area contributed by atoms with Crippen LogP contribution in [0, 0.1) is 10.8 Å². The fraction of sp³-hybridized carbons (Fsp3) is 0.472. The Kier molecular flexibility index (Phi) is 16.7. The van der Waals surface area contributed by atoms with Gasteiger partial charge in [0.05, 0.1) is 0 Å². The van der Waals surface area contributed by atoms with Crippen molar-refractivity contribution in [3.8, 4) is 11.5 Å². The topological polar surface area (TPSA) is 124 Å². The number of rotatable bonds is 12.